The number of hydrogen-bond donors (Lipinski definition) is 1. The third-order valence-corrected chi connectivity index (χ3v) is 6.02. The number of para-hydroxylation sites is 1. The third-order valence-electron chi connectivity index (χ3n) is 6.02. The zero-order valence-corrected chi connectivity index (χ0v) is 16.1. The van der Waals surface area contributed by atoms with Crippen molar-refractivity contribution in [1.82, 2.24) is 4.90 Å². The predicted octanol–water partition coefficient (Wildman–Crippen LogP) is 4.86. The van der Waals surface area contributed by atoms with Crippen LogP contribution in [0.5, 0.6) is 0 Å². The summed E-state index contributed by atoms with van der Waals surface area (Å²) in [6.07, 6.45) is 4.75. The van der Waals surface area contributed by atoms with Crippen molar-refractivity contribution in [1.29, 1.82) is 0 Å². The largest absolute Gasteiger partial charge is 0.375 e. The number of carbonyl (C=O) groups excluding carboxylic acids is 1. The Kier molecular flexibility index (Phi) is 5.62. The molecule has 2 aliphatic rings. The maximum atomic E-state index is 13.1. The van der Waals surface area contributed by atoms with Crippen molar-refractivity contribution in [3.8, 4) is 0 Å². The maximum Gasteiger partial charge on any atom is 0.321 e. The number of hydrogen-bond acceptors (Lipinski definition) is 2. The summed E-state index contributed by atoms with van der Waals surface area (Å²) in [4.78, 5) is 14.4. The van der Waals surface area contributed by atoms with Gasteiger partial charge in [-0.2, -0.15) is 0 Å². The van der Waals surface area contributed by atoms with Gasteiger partial charge in [0.05, 0.1) is 5.60 Å². The molecule has 0 radical (unpaired) electrons. The van der Waals surface area contributed by atoms with E-state index in [4.69, 9.17) is 4.74 Å². The lowest BCUT2D eigenvalue weighted by Crippen LogP contribution is -2.51. The molecule has 0 bridgehead atoms. The Morgan fingerprint density at radius 2 is 1.82 bits per heavy atom. The lowest BCUT2D eigenvalue weighted by Gasteiger charge is -2.46. The van der Waals surface area contributed by atoms with Crippen molar-refractivity contribution in [2.24, 2.45) is 5.92 Å². The van der Waals surface area contributed by atoms with Gasteiger partial charge in [0.2, 0.25) is 0 Å². The maximum absolute atomic E-state index is 13.1. The SMILES string of the molecule is O=C(Nc1ccccc1)N1CCC2(CC1)CC(Cc1ccc(F)cc1)CCO2. The molecular formula is C23H27FN2O2. The zero-order valence-electron chi connectivity index (χ0n) is 16.1. The monoisotopic (exact) mass is 382 g/mol. The Balaban J connectivity index is 1.31. The van der Waals surface area contributed by atoms with Crippen molar-refractivity contribution in [2.75, 3.05) is 25.0 Å². The topological polar surface area (TPSA) is 41.6 Å². The van der Waals surface area contributed by atoms with Crippen LogP contribution in [-0.4, -0.2) is 36.2 Å². The van der Waals surface area contributed by atoms with Crippen LogP contribution in [0.25, 0.3) is 0 Å². The summed E-state index contributed by atoms with van der Waals surface area (Å²) in [6.45, 7) is 2.19. The number of piperidine rings is 1. The van der Waals surface area contributed by atoms with E-state index in [1.807, 2.05) is 47.4 Å². The molecule has 28 heavy (non-hydrogen) atoms. The van der Waals surface area contributed by atoms with Gasteiger partial charge in [0.25, 0.3) is 0 Å². The lowest BCUT2D eigenvalue weighted by molar-refractivity contribution is -0.122. The van der Waals surface area contributed by atoms with E-state index in [0.717, 1.165) is 44.4 Å². The third kappa shape index (κ3) is 4.53. The summed E-state index contributed by atoms with van der Waals surface area (Å²) in [7, 11) is 0. The lowest BCUT2D eigenvalue weighted by atomic mass is 9.77. The minimum atomic E-state index is -0.187. The molecule has 4 nitrogen and oxygen atoms in total. The number of halogens is 1. The number of benzene rings is 2. The molecule has 2 saturated heterocycles. The second kappa shape index (κ2) is 8.31. The van der Waals surface area contributed by atoms with Gasteiger partial charge in [-0.15, -0.1) is 0 Å². The average Bonchev–Trinajstić information content (AvgIpc) is 2.71. The molecule has 1 unspecified atom stereocenters. The van der Waals surface area contributed by atoms with Crippen molar-refractivity contribution >= 4 is 11.7 Å². The minimum Gasteiger partial charge on any atom is -0.375 e. The Labute approximate surface area is 165 Å². The quantitative estimate of drug-likeness (QED) is 0.824. The average molecular weight is 382 g/mol. The number of nitrogens with zero attached hydrogens (tertiary/aromatic N) is 1. The highest BCUT2D eigenvalue weighted by Gasteiger charge is 2.41. The van der Waals surface area contributed by atoms with Crippen molar-refractivity contribution in [2.45, 2.75) is 37.7 Å². The number of nitrogens with one attached hydrogen (secondary N) is 1. The van der Waals surface area contributed by atoms with Gasteiger partial charge in [0.1, 0.15) is 5.82 Å². The number of ether oxygens (including phenoxy) is 1. The minimum absolute atomic E-state index is 0.0419. The molecular weight excluding hydrogens is 355 g/mol. The standard InChI is InChI=1S/C23H27FN2O2/c24-20-8-6-18(7-9-20)16-19-10-15-28-23(17-19)11-13-26(14-12-23)22(27)25-21-4-2-1-3-5-21/h1-9,19H,10-17H2,(H,25,27). The van der Waals surface area contributed by atoms with E-state index in [0.29, 0.717) is 19.0 Å². The number of amides is 2. The normalized spacial score (nSPS) is 21.5. The number of anilines is 1. The van der Waals surface area contributed by atoms with Crippen LogP contribution in [-0.2, 0) is 11.2 Å². The summed E-state index contributed by atoms with van der Waals surface area (Å²) < 4.78 is 19.4. The van der Waals surface area contributed by atoms with Gasteiger partial charge in [-0.1, -0.05) is 30.3 Å². The van der Waals surface area contributed by atoms with Crippen LogP contribution in [0.3, 0.4) is 0 Å². The van der Waals surface area contributed by atoms with E-state index in [2.05, 4.69) is 5.32 Å². The molecule has 5 heteroatoms. The zero-order chi connectivity index (χ0) is 19.4. The molecule has 1 atom stereocenters. The van der Waals surface area contributed by atoms with Gasteiger partial charge in [-0.25, -0.2) is 9.18 Å². The fourth-order valence-electron chi connectivity index (χ4n) is 4.45. The number of likely N-dealkylation sites (tertiary alicyclic amines) is 1. The summed E-state index contributed by atoms with van der Waals surface area (Å²) in [5.41, 5.74) is 1.89. The summed E-state index contributed by atoms with van der Waals surface area (Å²) in [6, 6.07) is 16.4. The molecule has 0 aliphatic carbocycles. The summed E-state index contributed by atoms with van der Waals surface area (Å²) in [5.74, 6) is 0.359. The molecule has 2 aromatic rings. The molecule has 2 fully saturated rings. The number of urea groups is 1. The van der Waals surface area contributed by atoms with Gasteiger partial charge in [0, 0.05) is 25.4 Å². The van der Waals surface area contributed by atoms with Gasteiger partial charge >= 0.3 is 6.03 Å². The molecule has 0 saturated carbocycles. The van der Waals surface area contributed by atoms with E-state index in [9.17, 15) is 9.18 Å². The van der Waals surface area contributed by atoms with Gasteiger partial charge < -0.3 is 15.0 Å². The van der Waals surface area contributed by atoms with Crippen LogP contribution in [0, 0.1) is 11.7 Å². The van der Waals surface area contributed by atoms with E-state index in [1.54, 1.807) is 0 Å². The molecule has 2 aliphatic heterocycles. The van der Waals surface area contributed by atoms with E-state index in [-0.39, 0.29) is 17.4 Å². The molecule has 1 N–H and O–H groups in total. The van der Waals surface area contributed by atoms with Crippen molar-refractivity contribution < 1.29 is 13.9 Å². The van der Waals surface area contributed by atoms with Gasteiger partial charge in [-0.05, 0) is 67.9 Å². The molecule has 1 spiro atoms. The first-order valence-electron chi connectivity index (χ1n) is 10.1. The Bertz CT molecular complexity index is 786. The van der Waals surface area contributed by atoms with Crippen molar-refractivity contribution in [3.63, 3.8) is 0 Å². The first-order chi connectivity index (χ1) is 13.6. The van der Waals surface area contributed by atoms with Crippen molar-refractivity contribution in [3.05, 3.63) is 66.0 Å². The highest BCUT2D eigenvalue weighted by Crippen LogP contribution is 2.39. The molecule has 0 aromatic heterocycles. The Morgan fingerprint density at radius 1 is 1.11 bits per heavy atom. The highest BCUT2D eigenvalue weighted by atomic mass is 19.1. The van der Waals surface area contributed by atoms with Gasteiger partial charge in [0.15, 0.2) is 0 Å². The van der Waals surface area contributed by atoms with Crippen LogP contribution in [0.2, 0.25) is 0 Å². The molecule has 2 aromatic carbocycles. The van der Waals surface area contributed by atoms with Crippen LogP contribution in [0.4, 0.5) is 14.9 Å². The van der Waals surface area contributed by atoms with Crippen LogP contribution >= 0.6 is 0 Å². The fourth-order valence-corrected chi connectivity index (χ4v) is 4.45. The molecule has 2 amide bonds. The first kappa shape index (κ1) is 18.9. The Morgan fingerprint density at radius 3 is 2.54 bits per heavy atom. The van der Waals surface area contributed by atoms with Crippen LogP contribution < -0.4 is 5.32 Å². The van der Waals surface area contributed by atoms with E-state index < -0.39 is 0 Å². The smallest absolute Gasteiger partial charge is 0.321 e. The first-order valence-corrected chi connectivity index (χ1v) is 10.1. The number of carbonyl (C=O) groups is 1. The highest BCUT2D eigenvalue weighted by molar-refractivity contribution is 5.89. The van der Waals surface area contributed by atoms with Gasteiger partial charge in [-0.3, -0.25) is 0 Å². The second-order valence-electron chi connectivity index (χ2n) is 8.00. The predicted molar refractivity (Wildman–Crippen MR) is 108 cm³/mol. The molecule has 4 rings (SSSR count). The van der Waals surface area contributed by atoms with E-state index in [1.165, 1.54) is 17.7 Å². The van der Waals surface area contributed by atoms with Crippen LogP contribution in [0.15, 0.2) is 54.6 Å². The van der Waals surface area contributed by atoms with E-state index >= 15 is 0 Å². The molecule has 2 heterocycles. The molecule has 148 valence electrons. The summed E-state index contributed by atoms with van der Waals surface area (Å²) in [5, 5.41) is 2.96. The summed E-state index contributed by atoms with van der Waals surface area (Å²) >= 11 is 0. The second-order valence-corrected chi connectivity index (χ2v) is 8.00. The fraction of sp³-hybridized carbons (Fsp3) is 0.435. The Hall–Kier alpha value is -2.40. The van der Waals surface area contributed by atoms with Crippen LogP contribution in [0.1, 0.15) is 31.2 Å². The number of rotatable bonds is 3.